The Hall–Kier alpha value is -2.37. The summed E-state index contributed by atoms with van der Waals surface area (Å²) in [5.74, 6) is -0.144. The van der Waals surface area contributed by atoms with Crippen LogP contribution in [-0.4, -0.2) is 33.6 Å². The number of hydrogen-bond acceptors (Lipinski definition) is 4. The largest absolute Gasteiger partial charge is 0.498 e. The molecular weight excluding hydrogens is 729 g/mol. The van der Waals surface area contributed by atoms with Gasteiger partial charge in [-0.3, -0.25) is 4.79 Å². The molecule has 0 aliphatic carbocycles. The first kappa shape index (κ1) is 51.8. The monoisotopic (exact) mass is 819 g/mol. The topological polar surface area (TPSA) is 44.8 Å². The molecular formula is C53H90O4Si. The SMILES string of the molecule is CCCCCCCCCCCCCCCC/C=C\OC[C@H](CO[Si](c1ccccc1)(c1ccccc1)C(C)(C)C)OC(=O)CCCCCCCCCCCCCCC. The molecule has 2 aromatic rings. The molecule has 0 fully saturated rings. The van der Waals surface area contributed by atoms with Gasteiger partial charge in [0, 0.05) is 6.42 Å². The number of benzene rings is 2. The van der Waals surface area contributed by atoms with Crippen molar-refractivity contribution in [3.8, 4) is 0 Å². The highest BCUT2D eigenvalue weighted by molar-refractivity contribution is 6.99. The molecule has 2 rings (SSSR count). The average Bonchev–Trinajstić information content (AvgIpc) is 3.22. The van der Waals surface area contributed by atoms with E-state index in [9.17, 15) is 4.79 Å². The number of unbranched alkanes of at least 4 members (excludes halogenated alkanes) is 26. The lowest BCUT2D eigenvalue weighted by molar-refractivity contribution is -0.153. The summed E-state index contributed by atoms with van der Waals surface area (Å²) in [5, 5.41) is 2.28. The van der Waals surface area contributed by atoms with Gasteiger partial charge in [-0.1, -0.05) is 256 Å². The predicted molar refractivity (Wildman–Crippen MR) is 254 cm³/mol. The summed E-state index contributed by atoms with van der Waals surface area (Å²) in [5.41, 5.74) is 0. The molecule has 330 valence electrons. The molecule has 1 atom stereocenters. The van der Waals surface area contributed by atoms with Gasteiger partial charge in [0.05, 0.1) is 12.9 Å². The van der Waals surface area contributed by atoms with Gasteiger partial charge in [-0.2, -0.15) is 0 Å². The van der Waals surface area contributed by atoms with Gasteiger partial charge in [0.25, 0.3) is 8.32 Å². The molecule has 5 heteroatoms. The zero-order valence-corrected chi connectivity index (χ0v) is 39.6. The molecule has 0 N–H and O–H groups in total. The van der Waals surface area contributed by atoms with Crippen molar-refractivity contribution in [3.05, 3.63) is 73.0 Å². The standard InChI is InChI=1S/C53H90O4Si/c1-6-8-10-12-14-16-18-20-21-22-24-26-28-30-32-40-46-55-47-49(57-52(54)45-39-31-29-27-25-23-19-17-15-13-11-9-7-2)48-56-58(53(3,4)5,50-41-35-33-36-42-50)51-43-37-34-38-44-51/h33-38,40-44,46,49H,6-32,39,45,47-48H2,1-5H3/b46-40-/t49-/m1/s1. The zero-order chi connectivity index (χ0) is 41.8. The van der Waals surface area contributed by atoms with Gasteiger partial charge < -0.3 is 13.9 Å². The lowest BCUT2D eigenvalue weighted by Gasteiger charge is -2.43. The minimum atomic E-state index is -2.78. The highest BCUT2D eigenvalue weighted by atomic mass is 28.4. The van der Waals surface area contributed by atoms with Crippen LogP contribution in [-0.2, 0) is 18.7 Å². The lowest BCUT2D eigenvalue weighted by atomic mass is 10.0. The molecule has 4 nitrogen and oxygen atoms in total. The molecule has 0 bridgehead atoms. The van der Waals surface area contributed by atoms with E-state index < -0.39 is 14.4 Å². The summed E-state index contributed by atoms with van der Waals surface area (Å²) >= 11 is 0. The minimum Gasteiger partial charge on any atom is -0.498 e. The number of carbonyl (C=O) groups excluding carboxylic acids is 1. The Labute approximate surface area is 360 Å². The van der Waals surface area contributed by atoms with Crippen molar-refractivity contribution in [1.82, 2.24) is 0 Å². The summed E-state index contributed by atoms with van der Waals surface area (Å²) in [6.45, 7) is 12.0. The van der Waals surface area contributed by atoms with Crippen molar-refractivity contribution in [3.63, 3.8) is 0 Å². The molecule has 0 aliphatic rings. The smallest absolute Gasteiger partial charge is 0.306 e. The Morgan fingerprint density at radius 3 is 1.31 bits per heavy atom. The fourth-order valence-corrected chi connectivity index (χ4v) is 13.0. The summed E-state index contributed by atoms with van der Waals surface area (Å²) in [6.07, 6.45) is 40.8. The van der Waals surface area contributed by atoms with E-state index in [0.29, 0.717) is 13.0 Å². The fourth-order valence-electron chi connectivity index (χ4n) is 8.38. The Morgan fingerprint density at radius 2 is 0.914 bits per heavy atom. The predicted octanol–water partition coefficient (Wildman–Crippen LogP) is 15.4. The Bertz CT molecular complexity index is 1200. The minimum absolute atomic E-state index is 0.144. The Kier molecular flexibility index (Phi) is 30.7. The van der Waals surface area contributed by atoms with E-state index in [2.05, 4.69) is 101 Å². The maximum atomic E-state index is 13.3. The van der Waals surface area contributed by atoms with Gasteiger partial charge in [-0.15, -0.1) is 0 Å². The van der Waals surface area contributed by atoms with Crippen LogP contribution in [0.4, 0.5) is 0 Å². The first-order valence-electron chi connectivity index (χ1n) is 24.6. The van der Waals surface area contributed by atoms with E-state index in [4.69, 9.17) is 13.9 Å². The van der Waals surface area contributed by atoms with Crippen LogP contribution in [0.3, 0.4) is 0 Å². The van der Waals surface area contributed by atoms with Crippen LogP contribution in [0, 0.1) is 0 Å². The van der Waals surface area contributed by atoms with Crippen LogP contribution >= 0.6 is 0 Å². The first-order chi connectivity index (χ1) is 28.3. The van der Waals surface area contributed by atoms with E-state index in [1.807, 2.05) is 6.26 Å². The third-order valence-electron chi connectivity index (χ3n) is 11.9. The molecule has 0 saturated carbocycles. The highest BCUT2D eigenvalue weighted by Gasteiger charge is 2.50. The van der Waals surface area contributed by atoms with Gasteiger partial charge in [0.15, 0.2) is 6.10 Å². The van der Waals surface area contributed by atoms with Gasteiger partial charge in [-0.25, -0.2) is 0 Å². The van der Waals surface area contributed by atoms with Crippen LogP contribution < -0.4 is 10.4 Å². The second-order valence-corrected chi connectivity index (χ2v) is 22.5. The number of carbonyl (C=O) groups is 1. The van der Waals surface area contributed by atoms with Gasteiger partial charge in [0.1, 0.15) is 6.61 Å². The third-order valence-corrected chi connectivity index (χ3v) is 16.9. The summed E-state index contributed by atoms with van der Waals surface area (Å²) in [6, 6.07) is 21.4. The maximum Gasteiger partial charge on any atom is 0.306 e. The van der Waals surface area contributed by atoms with Crippen molar-refractivity contribution in [1.29, 1.82) is 0 Å². The summed E-state index contributed by atoms with van der Waals surface area (Å²) in [4.78, 5) is 13.3. The summed E-state index contributed by atoms with van der Waals surface area (Å²) in [7, 11) is -2.78. The van der Waals surface area contributed by atoms with Gasteiger partial charge >= 0.3 is 5.97 Å². The van der Waals surface area contributed by atoms with Crippen LogP contribution in [0.2, 0.25) is 5.04 Å². The Balaban J connectivity index is 1.84. The number of hydrogen-bond donors (Lipinski definition) is 0. The van der Waals surface area contributed by atoms with Crippen LogP contribution in [0.1, 0.15) is 221 Å². The average molecular weight is 819 g/mol. The molecule has 0 aromatic heterocycles. The molecule has 0 spiro atoms. The molecule has 0 saturated heterocycles. The van der Waals surface area contributed by atoms with Crippen molar-refractivity contribution < 1.29 is 18.7 Å². The van der Waals surface area contributed by atoms with E-state index in [1.54, 1.807) is 0 Å². The van der Waals surface area contributed by atoms with Crippen molar-refractivity contribution >= 4 is 24.7 Å². The van der Waals surface area contributed by atoms with Crippen molar-refractivity contribution in [2.24, 2.45) is 0 Å². The zero-order valence-electron chi connectivity index (χ0n) is 38.6. The second-order valence-electron chi connectivity index (χ2n) is 18.2. The second kappa shape index (κ2) is 34.4. The van der Waals surface area contributed by atoms with E-state index >= 15 is 0 Å². The van der Waals surface area contributed by atoms with Crippen LogP contribution in [0.25, 0.3) is 0 Å². The van der Waals surface area contributed by atoms with Crippen LogP contribution in [0.15, 0.2) is 73.0 Å². The first-order valence-corrected chi connectivity index (χ1v) is 26.5. The maximum absolute atomic E-state index is 13.3. The number of allylic oxidation sites excluding steroid dienone is 1. The normalized spacial score (nSPS) is 12.6. The molecule has 0 radical (unpaired) electrons. The summed E-state index contributed by atoms with van der Waals surface area (Å²) < 4.78 is 19.4. The van der Waals surface area contributed by atoms with Gasteiger partial charge in [0.2, 0.25) is 0 Å². The molecule has 0 heterocycles. The van der Waals surface area contributed by atoms with Gasteiger partial charge in [-0.05, 0) is 40.8 Å². The van der Waals surface area contributed by atoms with E-state index in [0.717, 1.165) is 19.3 Å². The fraction of sp³-hybridized carbons (Fsp3) is 0.717. The lowest BCUT2D eigenvalue weighted by Crippen LogP contribution is -2.67. The molecule has 0 aliphatic heterocycles. The van der Waals surface area contributed by atoms with Crippen molar-refractivity contribution in [2.75, 3.05) is 13.2 Å². The third kappa shape index (κ3) is 23.4. The number of rotatable bonds is 38. The molecule has 0 amide bonds. The molecule has 58 heavy (non-hydrogen) atoms. The molecule has 2 aromatic carbocycles. The molecule has 0 unspecified atom stereocenters. The van der Waals surface area contributed by atoms with E-state index in [1.165, 1.54) is 171 Å². The quantitative estimate of drug-likeness (QED) is 0.0293. The highest BCUT2D eigenvalue weighted by Crippen LogP contribution is 2.37. The van der Waals surface area contributed by atoms with Crippen LogP contribution in [0.5, 0.6) is 0 Å². The van der Waals surface area contributed by atoms with E-state index in [-0.39, 0.29) is 17.6 Å². The van der Waals surface area contributed by atoms with Crippen molar-refractivity contribution in [2.45, 2.75) is 232 Å². The number of ether oxygens (including phenoxy) is 2. The number of esters is 1. The Morgan fingerprint density at radius 1 is 0.534 bits per heavy atom.